The van der Waals surface area contributed by atoms with Crippen LogP contribution in [-0.2, 0) is 11.2 Å². The van der Waals surface area contributed by atoms with E-state index in [0.29, 0.717) is 11.8 Å². The molecule has 1 N–H and O–H groups in total. The molecule has 0 aliphatic heterocycles. The summed E-state index contributed by atoms with van der Waals surface area (Å²) < 4.78 is 6.44. The van der Waals surface area contributed by atoms with Crippen LogP contribution in [0.4, 0.5) is 0 Å². The van der Waals surface area contributed by atoms with E-state index in [2.05, 4.69) is 59.4 Å². The van der Waals surface area contributed by atoms with Gasteiger partial charge in [-0.15, -0.1) is 0 Å². The summed E-state index contributed by atoms with van der Waals surface area (Å²) in [6.07, 6.45) is 2.19. The first-order chi connectivity index (χ1) is 9.13. The van der Waals surface area contributed by atoms with E-state index in [-0.39, 0.29) is 0 Å². The molecule has 0 spiro atoms. The van der Waals surface area contributed by atoms with Gasteiger partial charge in [0.05, 0.1) is 0 Å². The van der Waals surface area contributed by atoms with Crippen LogP contribution in [0.3, 0.4) is 0 Å². The summed E-state index contributed by atoms with van der Waals surface area (Å²) in [5.41, 5.74) is 1.38. The molecule has 0 aliphatic carbocycles. The second-order valence-corrected chi connectivity index (χ2v) is 6.35. The van der Waals surface area contributed by atoms with Crippen LogP contribution < -0.4 is 5.32 Å². The lowest BCUT2D eigenvalue weighted by Gasteiger charge is -2.19. The largest absolute Gasteiger partial charge is 0.385 e. The summed E-state index contributed by atoms with van der Waals surface area (Å²) in [6, 6.07) is 8.49. The van der Waals surface area contributed by atoms with Crippen molar-refractivity contribution in [1.29, 1.82) is 0 Å². The van der Waals surface area contributed by atoms with Gasteiger partial charge >= 0.3 is 0 Å². The maximum Gasteiger partial charge on any atom is 0.0465 e. The van der Waals surface area contributed by atoms with Crippen molar-refractivity contribution in [1.82, 2.24) is 5.32 Å². The Morgan fingerprint density at radius 3 is 2.58 bits per heavy atom. The number of benzene rings is 1. The lowest BCUT2D eigenvalue weighted by Crippen LogP contribution is -2.28. The quantitative estimate of drug-likeness (QED) is 0.742. The number of ether oxygens (including phenoxy) is 1. The Morgan fingerprint density at radius 1 is 1.21 bits per heavy atom. The highest BCUT2D eigenvalue weighted by molar-refractivity contribution is 9.10. The van der Waals surface area contributed by atoms with E-state index >= 15 is 0 Å². The van der Waals surface area contributed by atoms with Crippen molar-refractivity contribution in [3.05, 3.63) is 34.3 Å². The SMILES string of the molecule is COCCC(CNCC(C)C)Cc1ccccc1Br. The van der Waals surface area contributed by atoms with E-state index in [1.165, 1.54) is 10.0 Å². The zero-order chi connectivity index (χ0) is 14.1. The minimum Gasteiger partial charge on any atom is -0.385 e. The first-order valence-electron chi connectivity index (χ1n) is 7.06. The van der Waals surface area contributed by atoms with Crippen molar-refractivity contribution in [2.45, 2.75) is 26.7 Å². The fourth-order valence-electron chi connectivity index (χ4n) is 2.11. The van der Waals surface area contributed by atoms with E-state index in [0.717, 1.165) is 32.5 Å². The number of rotatable bonds is 9. The Hall–Kier alpha value is -0.380. The van der Waals surface area contributed by atoms with Crippen LogP contribution in [0.2, 0.25) is 0 Å². The maximum atomic E-state index is 5.23. The summed E-state index contributed by atoms with van der Waals surface area (Å²) in [6.45, 7) is 7.46. The molecule has 0 bridgehead atoms. The van der Waals surface area contributed by atoms with E-state index in [1.54, 1.807) is 7.11 Å². The molecule has 3 heteroatoms. The van der Waals surface area contributed by atoms with Gasteiger partial charge in [-0.1, -0.05) is 48.0 Å². The molecule has 2 nitrogen and oxygen atoms in total. The number of methoxy groups -OCH3 is 1. The van der Waals surface area contributed by atoms with Gasteiger partial charge in [0.1, 0.15) is 0 Å². The van der Waals surface area contributed by atoms with E-state index in [9.17, 15) is 0 Å². The van der Waals surface area contributed by atoms with Crippen LogP contribution in [0, 0.1) is 11.8 Å². The topological polar surface area (TPSA) is 21.3 Å². The average molecular weight is 328 g/mol. The van der Waals surface area contributed by atoms with Gasteiger partial charge in [0, 0.05) is 18.2 Å². The van der Waals surface area contributed by atoms with Crippen LogP contribution in [0.5, 0.6) is 0 Å². The molecule has 1 unspecified atom stereocenters. The molecule has 19 heavy (non-hydrogen) atoms. The van der Waals surface area contributed by atoms with Gasteiger partial charge in [-0.25, -0.2) is 0 Å². The molecule has 108 valence electrons. The summed E-state index contributed by atoms with van der Waals surface area (Å²) in [4.78, 5) is 0. The fourth-order valence-corrected chi connectivity index (χ4v) is 2.56. The molecule has 0 aliphatic rings. The third-order valence-corrected chi connectivity index (χ3v) is 3.96. The number of halogens is 1. The standard InChI is InChI=1S/C16H26BrNO/c1-13(2)11-18-12-14(8-9-19-3)10-15-6-4-5-7-16(15)17/h4-7,13-14,18H,8-12H2,1-3H3. The molecule has 0 radical (unpaired) electrons. The molecule has 0 aromatic heterocycles. The molecule has 1 aromatic rings. The highest BCUT2D eigenvalue weighted by Crippen LogP contribution is 2.20. The Bertz CT molecular complexity index is 354. The van der Waals surface area contributed by atoms with Crippen molar-refractivity contribution in [3.63, 3.8) is 0 Å². The molecular weight excluding hydrogens is 302 g/mol. The molecule has 0 saturated carbocycles. The second-order valence-electron chi connectivity index (χ2n) is 5.50. The highest BCUT2D eigenvalue weighted by atomic mass is 79.9. The summed E-state index contributed by atoms with van der Waals surface area (Å²) in [7, 11) is 1.77. The zero-order valence-electron chi connectivity index (χ0n) is 12.3. The summed E-state index contributed by atoms with van der Waals surface area (Å²) in [5, 5.41) is 3.56. The number of hydrogen-bond acceptors (Lipinski definition) is 2. The first kappa shape index (κ1) is 16.7. The fraction of sp³-hybridized carbons (Fsp3) is 0.625. The Balaban J connectivity index is 2.51. The number of hydrogen-bond donors (Lipinski definition) is 1. The van der Waals surface area contributed by atoms with Gasteiger partial charge in [-0.3, -0.25) is 0 Å². The van der Waals surface area contributed by atoms with E-state index in [1.807, 2.05) is 0 Å². The molecule has 0 heterocycles. The maximum absolute atomic E-state index is 5.23. The minimum atomic E-state index is 0.623. The minimum absolute atomic E-state index is 0.623. The third-order valence-electron chi connectivity index (χ3n) is 3.18. The average Bonchev–Trinajstić information content (AvgIpc) is 2.37. The highest BCUT2D eigenvalue weighted by Gasteiger charge is 2.11. The molecule has 1 aromatic carbocycles. The molecule has 1 atom stereocenters. The van der Waals surface area contributed by atoms with E-state index < -0.39 is 0 Å². The molecule has 0 amide bonds. The predicted octanol–water partition coefficient (Wildman–Crippen LogP) is 3.89. The van der Waals surface area contributed by atoms with Gasteiger partial charge < -0.3 is 10.1 Å². The van der Waals surface area contributed by atoms with Gasteiger partial charge in [0.25, 0.3) is 0 Å². The van der Waals surface area contributed by atoms with Gasteiger partial charge in [0.2, 0.25) is 0 Å². The Morgan fingerprint density at radius 2 is 1.95 bits per heavy atom. The molecule has 0 saturated heterocycles. The molecular formula is C16H26BrNO. The van der Waals surface area contributed by atoms with Gasteiger partial charge in [-0.05, 0) is 49.4 Å². The van der Waals surface area contributed by atoms with Crippen LogP contribution in [0.15, 0.2) is 28.7 Å². The van der Waals surface area contributed by atoms with Crippen LogP contribution in [0.25, 0.3) is 0 Å². The normalized spacial score (nSPS) is 12.9. The zero-order valence-corrected chi connectivity index (χ0v) is 13.9. The second kappa shape index (κ2) is 9.51. The molecule has 0 fully saturated rings. The van der Waals surface area contributed by atoms with Crippen molar-refractivity contribution >= 4 is 15.9 Å². The van der Waals surface area contributed by atoms with E-state index in [4.69, 9.17) is 4.74 Å². The lowest BCUT2D eigenvalue weighted by atomic mass is 9.96. The smallest absolute Gasteiger partial charge is 0.0465 e. The van der Waals surface area contributed by atoms with Crippen molar-refractivity contribution in [2.75, 3.05) is 26.8 Å². The summed E-state index contributed by atoms with van der Waals surface area (Å²) in [5.74, 6) is 1.32. The Labute approximate surface area is 126 Å². The van der Waals surface area contributed by atoms with Crippen LogP contribution in [-0.4, -0.2) is 26.8 Å². The number of nitrogens with one attached hydrogen (secondary N) is 1. The van der Waals surface area contributed by atoms with Crippen LogP contribution in [0.1, 0.15) is 25.8 Å². The predicted molar refractivity (Wildman–Crippen MR) is 85.5 cm³/mol. The van der Waals surface area contributed by atoms with Gasteiger partial charge in [0.15, 0.2) is 0 Å². The Kier molecular flexibility index (Phi) is 8.35. The van der Waals surface area contributed by atoms with Crippen molar-refractivity contribution < 1.29 is 4.74 Å². The van der Waals surface area contributed by atoms with Crippen molar-refractivity contribution in [2.24, 2.45) is 11.8 Å². The monoisotopic (exact) mass is 327 g/mol. The first-order valence-corrected chi connectivity index (χ1v) is 7.85. The van der Waals surface area contributed by atoms with Crippen molar-refractivity contribution in [3.8, 4) is 0 Å². The van der Waals surface area contributed by atoms with Gasteiger partial charge in [-0.2, -0.15) is 0 Å². The molecule has 1 rings (SSSR count). The lowest BCUT2D eigenvalue weighted by molar-refractivity contribution is 0.176. The third kappa shape index (κ3) is 7.09. The van der Waals surface area contributed by atoms with Crippen LogP contribution >= 0.6 is 15.9 Å². The summed E-state index contributed by atoms with van der Waals surface area (Å²) >= 11 is 3.63.